The number of rotatable bonds is 3. The molecule has 1 aromatic rings. The number of nitriles is 1. The molecule has 16 heavy (non-hydrogen) atoms. The smallest absolute Gasteiger partial charge is 0.291 e. The third kappa shape index (κ3) is 2.09. The Hall–Kier alpha value is -2.14. The maximum Gasteiger partial charge on any atom is 0.291 e. The van der Waals surface area contributed by atoms with Crippen LogP contribution >= 0.6 is 0 Å². The van der Waals surface area contributed by atoms with Gasteiger partial charge in [0.2, 0.25) is 0 Å². The van der Waals surface area contributed by atoms with Crippen LogP contribution in [-0.4, -0.2) is 9.91 Å². The zero-order chi connectivity index (χ0) is 12.3. The minimum atomic E-state index is -2.95. The lowest BCUT2D eigenvalue weighted by atomic mass is 10.1. The van der Waals surface area contributed by atoms with Crippen LogP contribution in [0.1, 0.15) is 23.4 Å². The van der Waals surface area contributed by atoms with Crippen molar-refractivity contribution >= 4 is 5.69 Å². The summed E-state index contributed by atoms with van der Waals surface area (Å²) >= 11 is 0. The molecule has 0 saturated heterocycles. The van der Waals surface area contributed by atoms with Crippen molar-refractivity contribution in [3.63, 3.8) is 0 Å². The zero-order valence-corrected chi connectivity index (χ0v) is 7.85. The van der Waals surface area contributed by atoms with Crippen molar-refractivity contribution in [1.29, 1.82) is 5.26 Å². The van der Waals surface area contributed by atoms with Gasteiger partial charge in [-0.25, -0.2) is 13.8 Å². The standard InChI is InChI=1S/C8H6F2N4O2/c9-8(10)5-1-7(14(15)16)4(2-11)6(3-12)13-5/h1,8H,3,12H2. The first-order chi connectivity index (χ1) is 7.51. The normalized spacial score (nSPS) is 10.2. The Morgan fingerprint density at radius 2 is 2.31 bits per heavy atom. The van der Waals surface area contributed by atoms with Crippen LogP contribution in [0.4, 0.5) is 14.5 Å². The summed E-state index contributed by atoms with van der Waals surface area (Å²) in [4.78, 5) is 13.1. The Morgan fingerprint density at radius 1 is 1.69 bits per heavy atom. The Bertz CT molecular complexity index is 470. The average molecular weight is 228 g/mol. The van der Waals surface area contributed by atoms with E-state index < -0.39 is 22.7 Å². The second-order valence-corrected chi connectivity index (χ2v) is 2.76. The number of nitrogens with two attached hydrogens (primary N) is 1. The van der Waals surface area contributed by atoms with E-state index in [1.807, 2.05) is 0 Å². The predicted octanol–water partition coefficient (Wildman–Crippen LogP) is 1.26. The summed E-state index contributed by atoms with van der Waals surface area (Å²) in [6.07, 6.45) is -2.95. The van der Waals surface area contributed by atoms with Crippen LogP contribution in [0.15, 0.2) is 6.07 Å². The molecule has 0 aliphatic heterocycles. The first-order valence-corrected chi connectivity index (χ1v) is 4.07. The summed E-state index contributed by atoms with van der Waals surface area (Å²) in [7, 11) is 0. The fourth-order valence-corrected chi connectivity index (χ4v) is 1.13. The molecule has 2 N–H and O–H groups in total. The van der Waals surface area contributed by atoms with Gasteiger partial charge in [-0.3, -0.25) is 10.1 Å². The molecule has 0 aliphatic rings. The highest BCUT2D eigenvalue weighted by atomic mass is 19.3. The molecule has 0 aromatic carbocycles. The molecule has 0 unspecified atom stereocenters. The zero-order valence-electron chi connectivity index (χ0n) is 7.85. The van der Waals surface area contributed by atoms with Crippen molar-refractivity contribution in [3.05, 3.63) is 33.1 Å². The van der Waals surface area contributed by atoms with Gasteiger partial charge in [-0.15, -0.1) is 0 Å². The first kappa shape index (κ1) is 11.9. The van der Waals surface area contributed by atoms with Gasteiger partial charge in [-0.05, 0) is 0 Å². The van der Waals surface area contributed by atoms with Gasteiger partial charge in [0.15, 0.2) is 5.56 Å². The maximum absolute atomic E-state index is 12.4. The molecule has 0 bridgehead atoms. The van der Waals surface area contributed by atoms with Crippen molar-refractivity contribution in [2.24, 2.45) is 5.73 Å². The lowest BCUT2D eigenvalue weighted by Crippen LogP contribution is -2.08. The van der Waals surface area contributed by atoms with Crippen molar-refractivity contribution in [2.75, 3.05) is 0 Å². The lowest BCUT2D eigenvalue weighted by Gasteiger charge is -2.04. The van der Waals surface area contributed by atoms with Gasteiger partial charge < -0.3 is 5.73 Å². The quantitative estimate of drug-likeness (QED) is 0.619. The number of pyridine rings is 1. The number of aromatic nitrogens is 1. The molecule has 0 saturated carbocycles. The van der Waals surface area contributed by atoms with Gasteiger partial charge in [-0.2, -0.15) is 5.26 Å². The Kier molecular flexibility index (Phi) is 3.42. The Balaban J connectivity index is 3.51. The van der Waals surface area contributed by atoms with Gasteiger partial charge in [0.1, 0.15) is 11.8 Å². The summed E-state index contributed by atoms with van der Waals surface area (Å²) in [5.74, 6) is 0. The molecule has 84 valence electrons. The molecule has 1 rings (SSSR count). The minimum absolute atomic E-state index is 0.202. The third-order valence-electron chi connectivity index (χ3n) is 1.82. The molecule has 0 atom stereocenters. The van der Waals surface area contributed by atoms with E-state index in [1.165, 1.54) is 6.07 Å². The van der Waals surface area contributed by atoms with Crippen LogP contribution in [-0.2, 0) is 6.54 Å². The van der Waals surface area contributed by atoms with Crippen LogP contribution in [0.5, 0.6) is 0 Å². The molecule has 0 spiro atoms. The van der Waals surface area contributed by atoms with Gasteiger partial charge >= 0.3 is 0 Å². The molecule has 6 nitrogen and oxygen atoms in total. The van der Waals surface area contributed by atoms with Gasteiger partial charge in [-0.1, -0.05) is 0 Å². The highest BCUT2D eigenvalue weighted by molar-refractivity contribution is 5.52. The van der Waals surface area contributed by atoms with Crippen molar-refractivity contribution < 1.29 is 13.7 Å². The van der Waals surface area contributed by atoms with E-state index in [4.69, 9.17) is 11.0 Å². The molecule has 0 radical (unpaired) electrons. The van der Waals surface area contributed by atoms with Crippen LogP contribution < -0.4 is 5.73 Å². The summed E-state index contributed by atoms with van der Waals surface area (Å²) in [6, 6.07) is 2.12. The van der Waals surface area contributed by atoms with Crippen LogP contribution in [0.2, 0.25) is 0 Å². The summed E-state index contributed by atoms with van der Waals surface area (Å²) in [5.41, 5.74) is 3.14. The number of alkyl halides is 2. The molecule has 0 aliphatic carbocycles. The van der Waals surface area contributed by atoms with E-state index in [0.29, 0.717) is 6.07 Å². The van der Waals surface area contributed by atoms with E-state index in [-0.39, 0.29) is 17.8 Å². The molecule has 0 amide bonds. The largest absolute Gasteiger partial charge is 0.325 e. The van der Waals surface area contributed by atoms with Crippen molar-refractivity contribution in [2.45, 2.75) is 13.0 Å². The number of hydrogen-bond donors (Lipinski definition) is 1. The van der Waals surface area contributed by atoms with Crippen LogP contribution in [0.3, 0.4) is 0 Å². The molecule has 1 aromatic heterocycles. The predicted molar refractivity (Wildman–Crippen MR) is 48.5 cm³/mol. The Morgan fingerprint density at radius 3 is 2.69 bits per heavy atom. The second-order valence-electron chi connectivity index (χ2n) is 2.76. The number of nitro groups is 1. The topological polar surface area (TPSA) is 106 Å². The fourth-order valence-electron chi connectivity index (χ4n) is 1.13. The monoisotopic (exact) mass is 228 g/mol. The van der Waals surface area contributed by atoms with E-state index in [2.05, 4.69) is 4.98 Å². The minimum Gasteiger partial charge on any atom is -0.325 e. The number of nitrogens with zero attached hydrogens (tertiary/aromatic N) is 3. The maximum atomic E-state index is 12.4. The van der Waals surface area contributed by atoms with Gasteiger partial charge in [0, 0.05) is 12.6 Å². The van der Waals surface area contributed by atoms with E-state index in [1.54, 1.807) is 0 Å². The van der Waals surface area contributed by atoms with Crippen LogP contribution in [0, 0.1) is 21.4 Å². The highest BCUT2D eigenvalue weighted by Gasteiger charge is 2.23. The molecule has 1 heterocycles. The van der Waals surface area contributed by atoms with Gasteiger partial charge in [0.25, 0.3) is 12.1 Å². The van der Waals surface area contributed by atoms with Gasteiger partial charge in [0.05, 0.1) is 10.6 Å². The molecule has 8 heteroatoms. The van der Waals surface area contributed by atoms with Crippen LogP contribution in [0.25, 0.3) is 0 Å². The highest BCUT2D eigenvalue weighted by Crippen LogP contribution is 2.26. The van der Waals surface area contributed by atoms with E-state index in [0.717, 1.165) is 0 Å². The Labute approximate surface area is 88.5 Å². The summed E-state index contributed by atoms with van der Waals surface area (Å²) in [5, 5.41) is 19.2. The first-order valence-electron chi connectivity index (χ1n) is 4.07. The molecular formula is C8H6F2N4O2. The lowest BCUT2D eigenvalue weighted by molar-refractivity contribution is -0.385. The van der Waals surface area contributed by atoms with E-state index in [9.17, 15) is 18.9 Å². The van der Waals surface area contributed by atoms with Crippen molar-refractivity contribution in [1.82, 2.24) is 4.98 Å². The third-order valence-corrected chi connectivity index (χ3v) is 1.82. The fraction of sp³-hybridized carbons (Fsp3) is 0.250. The number of hydrogen-bond acceptors (Lipinski definition) is 5. The average Bonchev–Trinajstić information content (AvgIpc) is 2.26. The van der Waals surface area contributed by atoms with Crippen molar-refractivity contribution in [3.8, 4) is 6.07 Å². The summed E-state index contributed by atoms with van der Waals surface area (Å²) < 4.78 is 24.7. The second kappa shape index (κ2) is 4.59. The SMILES string of the molecule is N#Cc1c([N+](=O)[O-])cc(C(F)F)nc1CN. The molecule has 0 fully saturated rings. The number of halogens is 2. The van der Waals surface area contributed by atoms with E-state index >= 15 is 0 Å². The molecular weight excluding hydrogens is 222 g/mol. The summed E-state index contributed by atoms with van der Waals surface area (Å²) in [6.45, 7) is -0.315.